The van der Waals surface area contributed by atoms with Gasteiger partial charge >= 0.3 is 5.97 Å². The number of esters is 1. The molecule has 7 heteroatoms. The predicted molar refractivity (Wildman–Crippen MR) is 98.2 cm³/mol. The molecule has 138 valence electrons. The third-order valence-electron chi connectivity index (χ3n) is 5.04. The second-order valence-corrected chi connectivity index (χ2v) is 6.77. The van der Waals surface area contributed by atoms with Crippen LogP contribution in [0, 0.1) is 19.8 Å². The quantitative estimate of drug-likeness (QED) is 0.816. The molecular weight excluding hydrogens is 332 g/mol. The number of hydrogen-bond donors (Lipinski definition) is 2. The lowest BCUT2D eigenvalue weighted by Gasteiger charge is -2.18. The second kappa shape index (κ2) is 7.29. The molecule has 1 aliphatic heterocycles. The van der Waals surface area contributed by atoms with Crippen molar-refractivity contribution >= 4 is 17.6 Å². The standard InChI is InChI=1S/C19H24N4O3/c1-11-5-14(6-15(12(11)2)19(25)26-4)22-18(24)17-9-20-8-16(17)13-7-21-23(3)10-13/h5-7,10,16-17,20H,8-9H2,1-4H3,(H,22,24)/t16-,17+/m1/s1. The molecule has 7 nitrogen and oxygen atoms in total. The van der Waals surface area contributed by atoms with Crippen molar-refractivity contribution in [2.45, 2.75) is 19.8 Å². The van der Waals surface area contributed by atoms with Crippen molar-refractivity contribution in [1.82, 2.24) is 15.1 Å². The highest BCUT2D eigenvalue weighted by Crippen LogP contribution is 2.29. The minimum Gasteiger partial charge on any atom is -0.465 e. The molecule has 1 aliphatic rings. The van der Waals surface area contributed by atoms with Gasteiger partial charge in [0.2, 0.25) is 5.91 Å². The molecule has 0 saturated carbocycles. The van der Waals surface area contributed by atoms with Gasteiger partial charge < -0.3 is 15.4 Å². The molecule has 1 fully saturated rings. The van der Waals surface area contributed by atoms with Crippen molar-refractivity contribution in [3.05, 3.63) is 46.8 Å². The summed E-state index contributed by atoms with van der Waals surface area (Å²) >= 11 is 0. The van der Waals surface area contributed by atoms with Crippen molar-refractivity contribution in [3.8, 4) is 0 Å². The fraction of sp³-hybridized carbons (Fsp3) is 0.421. The van der Waals surface area contributed by atoms with E-state index in [0.29, 0.717) is 17.8 Å². The summed E-state index contributed by atoms with van der Waals surface area (Å²) in [6.45, 7) is 5.13. The summed E-state index contributed by atoms with van der Waals surface area (Å²) in [6.07, 6.45) is 3.76. The molecular formula is C19H24N4O3. The zero-order valence-electron chi connectivity index (χ0n) is 15.5. The fourth-order valence-corrected chi connectivity index (χ4v) is 3.42. The molecule has 3 rings (SSSR count). The van der Waals surface area contributed by atoms with Gasteiger partial charge in [-0.15, -0.1) is 0 Å². The van der Waals surface area contributed by atoms with E-state index in [1.54, 1.807) is 10.7 Å². The Kier molecular flexibility index (Phi) is 5.08. The van der Waals surface area contributed by atoms with E-state index >= 15 is 0 Å². The van der Waals surface area contributed by atoms with Gasteiger partial charge in [0.15, 0.2) is 0 Å². The molecule has 1 aromatic carbocycles. The molecule has 2 atom stereocenters. The Morgan fingerprint density at radius 1 is 1.31 bits per heavy atom. The zero-order chi connectivity index (χ0) is 18.8. The van der Waals surface area contributed by atoms with E-state index in [1.807, 2.05) is 39.4 Å². The van der Waals surface area contributed by atoms with Gasteiger partial charge in [0.1, 0.15) is 0 Å². The summed E-state index contributed by atoms with van der Waals surface area (Å²) in [5, 5.41) is 10.5. The van der Waals surface area contributed by atoms with Crippen LogP contribution in [0.1, 0.15) is 33.0 Å². The maximum atomic E-state index is 12.9. The molecule has 1 saturated heterocycles. The number of anilines is 1. The molecule has 2 heterocycles. The van der Waals surface area contributed by atoms with Crippen LogP contribution in [0.2, 0.25) is 0 Å². The zero-order valence-corrected chi connectivity index (χ0v) is 15.5. The molecule has 2 N–H and O–H groups in total. The molecule has 0 radical (unpaired) electrons. The SMILES string of the molecule is COC(=O)c1cc(NC(=O)[C@H]2CNC[C@@H]2c2cnn(C)c2)cc(C)c1C. The third-order valence-corrected chi connectivity index (χ3v) is 5.04. The normalized spacial score (nSPS) is 19.4. The summed E-state index contributed by atoms with van der Waals surface area (Å²) in [4.78, 5) is 24.8. The second-order valence-electron chi connectivity index (χ2n) is 6.77. The van der Waals surface area contributed by atoms with Crippen molar-refractivity contribution in [1.29, 1.82) is 0 Å². The topological polar surface area (TPSA) is 85.2 Å². The maximum absolute atomic E-state index is 12.9. The monoisotopic (exact) mass is 356 g/mol. The van der Waals surface area contributed by atoms with Gasteiger partial charge in [-0.25, -0.2) is 4.79 Å². The minimum absolute atomic E-state index is 0.0667. The number of ether oxygens (including phenoxy) is 1. The van der Waals surface area contributed by atoms with E-state index in [4.69, 9.17) is 4.74 Å². The highest BCUT2D eigenvalue weighted by molar-refractivity contribution is 5.97. The van der Waals surface area contributed by atoms with Gasteiger partial charge in [-0.1, -0.05) is 0 Å². The Labute approximate surface area is 152 Å². The molecule has 0 spiro atoms. The number of carbonyl (C=O) groups excluding carboxylic acids is 2. The van der Waals surface area contributed by atoms with E-state index in [0.717, 1.165) is 23.2 Å². The number of nitrogens with one attached hydrogen (secondary N) is 2. The lowest BCUT2D eigenvalue weighted by Crippen LogP contribution is -2.28. The first-order chi connectivity index (χ1) is 12.4. The smallest absolute Gasteiger partial charge is 0.338 e. The van der Waals surface area contributed by atoms with Crippen molar-refractivity contribution < 1.29 is 14.3 Å². The molecule has 26 heavy (non-hydrogen) atoms. The fourth-order valence-electron chi connectivity index (χ4n) is 3.42. The van der Waals surface area contributed by atoms with Crippen LogP contribution in [0.4, 0.5) is 5.69 Å². The van der Waals surface area contributed by atoms with Crippen LogP contribution in [-0.2, 0) is 16.6 Å². The average molecular weight is 356 g/mol. The molecule has 0 bridgehead atoms. The molecule has 2 aromatic rings. The minimum atomic E-state index is -0.405. The van der Waals surface area contributed by atoms with E-state index in [1.165, 1.54) is 7.11 Å². The third kappa shape index (κ3) is 3.48. The maximum Gasteiger partial charge on any atom is 0.338 e. The Morgan fingerprint density at radius 3 is 2.73 bits per heavy atom. The largest absolute Gasteiger partial charge is 0.465 e. The first-order valence-corrected chi connectivity index (χ1v) is 8.60. The Balaban J connectivity index is 1.81. The van der Waals surface area contributed by atoms with Gasteiger partial charge in [-0.3, -0.25) is 9.48 Å². The summed E-state index contributed by atoms with van der Waals surface area (Å²) in [5.74, 6) is -0.585. The number of nitrogens with zero attached hydrogens (tertiary/aromatic N) is 2. The van der Waals surface area contributed by atoms with Gasteiger partial charge in [0.05, 0.1) is 24.8 Å². The number of aromatic nitrogens is 2. The van der Waals surface area contributed by atoms with Crippen molar-refractivity contribution in [2.75, 3.05) is 25.5 Å². The predicted octanol–water partition coefficient (Wildman–Crippen LogP) is 1.77. The van der Waals surface area contributed by atoms with E-state index < -0.39 is 5.97 Å². The van der Waals surface area contributed by atoms with Gasteiger partial charge in [0.25, 0.3) is 0 Å². The molecule has 0 aliphatic carbocycles. The summed E-state index contributed by atoms with van der Waals surface area (Å²) < 4.78 is 6.58. The van der Waals surface area contributed by atoms with E-state index in [-0.39, 0.29) is 17.7 Å². The number of rotatable bonds is 4. The number of amides is 1. The number of carbonyl (C=O) groups is 2. The molecule has 0 unspecified atom stereocenters. The van der Waals surface area contributed by atoms with Crippen LogP contribution < -0.4 is 10.6 Å². The molecule has 1 amide bonds. The average Bonchev–Trinajstić information content (AvgIpc) is 3.25. The van der Waals surface area contributed by atoms with Crippen LogP contribution in [0.25, 0.3) is 0 Å². The van der Waals surface area contributed by atoms with E-state index in [9.17, 15) is 9.59 Å². The van der Waals surface area contributed by atoms with Crippen LogP contribution in [0.3, 0.4) is 0 Å². The molecule has 1 aromatic heterocycles. The van der Waals surface area contributed by atoms with Gasteiger partial charge in [-0.05, 0) is 42.7 Å². The number of aryl methyl sites for hydroxylation is 2. The lowest BCUT2D eigenvalue weighted by molar-refractivity contribution is -0.119. The van der Waals surface area contributed by atoms with Crippen molar-refractivity contribution in [3.63, 3.8) is 0 Å². The Bertz CT molecular complexity index is 843. The Hall–Kier alpha value is -2.67. The van der Waals surface area contributed by atoms with Crippen LogP contribution >= 0.6 is 0 Å². The summed E-state index contributed by atoms with van der Waals surface area (Å²) in [6, 6.07) is 3.55. The first kappa shape index (κ1) is 18.1. The number of methoxy groups -OCH3 is 1. The van der Waals surface area contributed by atoms with Crippen LogP contribution in [0.5, 0.6) is 0 Å². The number of hydrogen-bond acceptors (Lipinski definition) is 5. The lowest BCUT2D eigenvalue weighted by atomic mass is 9.90. The highest BCUT2D eigenvalue weighted by atomic mass is 16.5. The summed E-state index contributed by atoms with van der Waals surface area (Å²) in [5.41, 5.74) is 3.90. The summed E-state index contributed by atoms with van der Waals surface area (Å²) in [7, 11) is 3.22. The van der Waals surface area contributed by atoms with E-state index in [2.05, 4.69) is 15.7 Å². The first-order valence-electron chi connectivity index (χ1n) is 8.60. The van der Waals surface area contributed by atoms with Crippen LogP contribution in [-0.4, -0.2) is 41.9 Å². The van der Waals surface area contributed by atoms with Crippen LogP contribution in [0.15, 0.2) is 24.5 Å². The van der Waals surface area contributed by atoms with Gasteiger partial charge in [-0.2, -0.15) is 5.10 Å². The highest BCUT2D eigenvalue weighted by Gasteiger charge is 2.34. The van der Waals surface area contributed by atoms with Gasteiger partial charge in [0, 0.05) is 37.9 Å². The van der Waals surface area contributed by atoms with Crippen molar-refractivity contribution in [2.24, 2.45) is 13.0 Å². The Morgan fingerprint density at radius 2 is 2.08 bits per heavy atom. The number of benzene rings is 1.